The van der Waals surface area contributed by atoms with Crippen molar-refractivity contribution >= 4 is 21.6 Å². The maximum atomic E-state index is 13.2. The van der Waals surface area contributed by atoms with Crippen LogP contribution in [0.15, 0.2) is 71.8 Å². The number of carbonyl (C=O) groups excluding carboxylic acids is 2. The molecule has 0 bridgehead atoms. The number of likely N-dealkylation sites (N-methyl/N-ethyl adjacent to an activating group) is 1. The molecule has 2 heterocycles. The summed E-state index contributed by atoms with van der Waals surface area (Å²) in [6.45, 7) is 0. The van der Waals surface area contributed by atoms with E-state index in [1.54, 1.807) is 18.2 Å². The second-order valence-corrected chi connectivity index (χ2v) is 8.56. The van der Waals surface area contributed by atoms with Crippen LogP contribution in [-0.2, 0) is 10.0 Å². The third kappa shape index (κ3) is 3.16. The van der Waals surface area contributed by atoms with Crippen LogP contribution in [0.4, 0.5) is 4.39 Å². The number of hydrogen-bond donors (Lipinski definition) is 0. The molecule has 1 atom stereocenters. The number of sulfonamides is 1. The quantitative estimate of drug-likeness (QED) is 0.377. The van der Waals surface area contributed by atoms with Crippen molar-refractivity contribution in [3.63, 3.8) is 0 Å². The number of nitrogens with zero attached hydrogens (tertiary/aromatic N) is 2. The number of rotatable bonds is 3. The second kappa shape index (κ2) is 6.98. The first-order valence-corrected chi connectivity index (χ1v) is 10.1. The molecule has 0 radical (unpaired) electrons. The molecular formula is C21H15FN2O4S. The normalized spacial score (nSPS) is 18.3. The Labute approximate surface area is 166 Å². The number of ketones is 2. The van der Waals surface area contributed by atoms with Crippen molar-refractivity contribution in [3.05, 3.63) is 83.9 Å². The van der Waals surface area contributed by atoms with Gasteiger partial charge in [-0.3, -0.25) is 9.59 Å². The van der Waals surface area contributed by atoms with E-state index in [-0.39, 0.29) is 16.0 Å². The highest BCUT2D eigenvalue weighted by molar-refractivity contribution is 7.89. The van der Waals surface area contributed by atoms with E-state index in [9.17, 15) is 22.4 Å². The molecule has 1 aliphatic heterocycles. The molecule has 29 heavy (non-hydrogen) atoms. The Balaban J connectivity index is 1.76. The van der Waals surface area contributed by atoms with Gasteiger partial charge in [-0.15, -0.1) is 0 Å². The van der Waals surface area contributed by atoms with Crippen molar-refractivity contribution < 1.29 is 22.4 Å². The Morgan fingerprint density at radius 2 is 1.79 bits per heavy atom. The van der Waals surface area contributed by atoms with Crippen LogP contribution in [0.1, 0.15) is 20.7 Å². The predicted molar refractivity (Wildman–Crippen MR) is 103 cm³/mol. The highest BCUT2D eigenvalue weighted by Crippen LogP contribution is 2.31. The summed E-state index contributed by atoms with van der Waals surface area (Å²) < 4.78 is 39.5. The van der Waals surface area contributed by atoms with Crippen molar-refractivity contribution in [2.45, 2.75) is 10.9 Å². The van der Waals surface area contributed by atoms with Gasteiger partial charge >= 0.3 is 0 Å². The number of hydrogen-bond acceptors (Lipinski definition) is 5. The number of halogens is 1. The number of aromatic nitrogens is 1. The highest BCUT2D eigenvalue weighted by atomic mass is 32.2. The van der Waals surface area contributed by atoms with E-state index in [1.807, 2.05) is 0 Å². The molecule has 4 rings (SSSR count). The first-order chi connectivity index (χ1) is 13.8. The number of pyridine rings is 1. The number of fused-ring (bicyclic) bond motifs is 1. The summed E-state index contributed by atoms with van der Waals surface area (Å²) in [5.74, 6) is -1.83. The SMILES string of the molecule is CN1C(C(=O)c2cccc(-c3ccc(F)nc3)c2)C(=O)c2ccccc2S1(=O)=O. The first kappa shape index (κ1) is 19.1. The number of benzene rings is 2. The van der Waals surface area contributed by atoms with Crippen LogP contribution in [0.3, 0.4) is 0 Å². The lowest BCUT2D eigenvalue weighted by atomic mass is 9.94. The van der Waals surface area contributed by atoms with Crippen LogP contribution in [0, 0.1) is 5.95 Å². The molecule has 0 fully saturated rings. The molecule has 0 aliphatic carbocycles. The predicted octanol–water partition coefficient (Wildman–Crippen LogP) is 2.96. The molecule has 0 saturated heterocycles. The van der Waals surface area contributed by atoms with Gasteiger partial charge in [0.1, 0.15) is 0 Å². The highest BCUT2D eigenvalue weighted by Gasteiger charge is 2.45. The topological polar surface area (TPSA) is 84.4 Å². The number of carbonyl (C=O) groups is 2. The number of Topliss-reactive ketones (excluding diaryl/α,β-unsaturated/α-hetero) is 2. The third-order valence-electron chi connectivity index (χ3n) is 4.88. The van der Waals surface area contributed by atoms with E-state index in [4.69, 9.17) is 0 Å². The zero-order chi connectivity index (χ0) is 20.8. The van der Waals surface area contributed by atoms with E-state index >= 15 is 0 Å². The Bertz CT molecular complexity index is 1240. The lowest BCUT2D eigenvalue weighted by molar-refractivity contribution is 0.0784. The molecule has 0 amide bonds. The Morgan fingerprint density at radius 1 is 1.03 bits per heavy atom. The standard InChI is InChI=1S/C21H15FN2O4S/c1-24-19(21(26)16-7-2-3-8-17(16)29(24,27)28)20(25)14-6-4-5-13(11-14)15-9-10-18(22)23-12-15/h2-12,19H,1H3. The molecule has 3 aromatic rings. The van der Waals surface area contributed by atoms with E-state index in [1.165, 1.54) is 55.7 Å². The molecule has 0 N–H and O–H groups in total. The van der Waals surface area contributed by atoms with Gasteiger partial charge in [0.15, 0.2) is 17.6 Å². The van der Waals surface area contributed by atoms with E-state index in [0.29, 0.717) is 11.1 Å². The second-order valence-electron chi connectivity index (χ2n) is 6.60. The van der Waals surface area contributed by atoms with E-state index < -0.39 is 33.6 Å². The zero-order valence-corrected chi connectivity index (χ0v) is 16.1. The lowest BCUT2D eigenvalue weighted by Crippen LogP contribution is -2.51. The summed E-state index contributed by atoms with van der Waals surface area (Å²) in [4.78, 5) is 29.6. The van der Waals surface area contributed by atoms with Crippen LogP contribution in [-0.4, -0.2) is 42.4 Å². The van der Waals surface area contributed by atoms with Gasteiger partial charge < -0.3 is 0 Å². The van der Waals surface area contributed by atoms with Crippen LogP contribution < -0.4 is 0 Å². The maximum absolute atomic E-state index is 13.2. The summed E-state index contributed by atoms with van der Waals surface area (Å²) in [6, 6.07) is 13.4. The zero-order valence-electron chi connectivity index (χ0n) is 15.2. The van der Waals surface area contributed by atoms with Crippen molar-refractivity contribution in [3.8, 4) is 11.1 Å². The summed E-state index contributed by atoms with van der Waals surface area (Å²) in [7, 11) is -2.76. The van der Waals surface area contributed by atoms with Gasteiger partial charge in [0.2, 0.25) is 16.0 Å². The van der Waals surface area contributed by atoms with Gasteiger partial charge in [0.25, 0.3) is 0 Å². The fourth-order valence-corrected chi connectivity index (χ4v) is 4.82. The smallest absolute Gasteiger partial charge is 0.244 e. The minimum absolute atomic E-state index is 0.00263. The monoisotopic (exact) mass is 410 g/mol. The minimum atomic E-state index is -3.98. The molecule has 0 saturated carbocycles. The van der Waals surface area contributed by atoms with Crippen molar-refractivity contribution in [2.24, 2.45) is 0 Å². The first-order valence-electron chi connectivity index (χ1n) is 8.68. The summed E-state index contributed by atoms with van der Waals surface area (Å²) >= 11 is 0. The largest absolute Gasteiger partial charge is 0.292 e. The van der Waals surface area contributed by atoms with Gasteiger partial charge in [-0.2, -0.15) is 8.70 Å². The van der Waals surface area contributed by atoms with Crippen LogP contribution in [0.25, 0.3) is 11.1 Å². The Kier molecular flexibility index (Phi) is 4.60. The summed E-state index contributed by atoms with van der Waals surface area (Å²) in [5, 5.41) is 0. The van der Waals surface area contributed by atoms with Gasteiger partial charge in [-0.05, 0) is 35.9 Å². The Morgan fingerprint density at radius 3 is 2.52 bits per heavy atom. The average molecular weight is 410 g/mol. The molecule has 8 heteroatoms. The minimum Gasteiger partial charge on any atom is -0.292 e. The molecule has 6 nitrogen and oxygen atoms in total. The molecule has 2 aromatic carbocycles. The maximum Gasteiger partial charge on any atom is 0.244 e. The summed E-state index contributed by atoms with van der Waals surface area (Å²) in [6.07, 6.45) is 1.33. The fraction of sp³-hybridized carbons (Fsp3) is 0.0952. The Hall–Kier alpha value is -3.23. The van der Waals surface area contributed by atoms with Crippen LogP contribution in [0.2, 0.25) is 0 Å². The van der Waals surface area contributed by atoms with Crippen LogP contribution in [0.5, 0.6) is 0 Å². The van der Waals surface area contributed by atoms with Crippen molar-refractivity contribution in [2.75, 3.05) is 7.05 Å². The van der Waals surface area contributed by atoms with Crippen molar-refractivity contribution in [1.82, 2.24) is 9.29 Å². The fourth-order valence-electron chi connectivity index (χ4n) is 3.34. The molecular weight excluding hydrogens is 395 g/mol. The summed E-state index contributed by atoms with van der Waals surface area (Å²) in [5.41, 5.74) is 1.36. The van der Waals surface area contributed by atoms with E-state index in [2.05, 4.69) is 4.98 Å². The molecule has 1 aromatic heterocycles. The van der Waals surface area contributed by atoms with E-state index in [0.717, 1.165) is 4.31 Å². The lowest BCUT2D eigenvalue weighted by Gasteiger charge is -2.31. The molecule has 1 unspecified atom stereocenters. The van der Waals surface area contributed by atoms with Gasteiger partial charge in [-0.25, -0.2) is 13.4 Å². The van der Waals surface area contributed by atoms with Gasteiger partial charge in [0.05, 0.1) is 4.90 Å². The van der Waals surface area contributed by atoms with Gasteiger partial charge in [-0.1, -0.05) is 30.3 Å². The molecule has 1 aliphatic rings. The molecule has 146 valence electrons. The molecule has 0 spiro atoms. The third-order valence-corrected chi connectivity index (χ3v) is 6.76. The average Bonchev–Trinajstić information content (AvgIpc) is 2.73. The van der Waals surface area contributed by atoms with Crippen molar-refractivity contribution in [1.29, 1.82) is 0 Å². The van der Waals surface area contributed by atoms with Gasteiger partial charge in [0, 0.05) is 29.9 Å². The van der Waals surface area contributed by atoms with Crippen LogP contribution >= 0.6 is 0 Å².